The molecule has 1 unspecified atom stereocenters. The molecule has 5 heteroatoms. The first-order chi connectivity index (χ1) is 7.54. The van der Waals surface area contributed by atoms with Crippen LogP contribution in [-0.4, -0.2) is 11.0 Å². The van der Waals surface area contributed by atoms with Crippen molar-refractivity contribution in [3.05, 3.63) is 41.0 Å². The van der Waals surface area contributed by atoms with Crippen molar-refractivity contribution in [2.75, 3.05) is 11.1 Å². The van der Waals surface area contributed by atoms with Crippen LogP contribution in [0, 0.1) is 10.1 Å². The SMILES string of the molecule is C=CCC(C)Nc1ccc([N+](=O)[O-])c(N)c1. The van der Waals surface area contributed by atoms with Gasteiger partial charge in [0.15, 0.2) is 0 Å². The van der Waals surface area contributed by atoms with Gasteiger partial charge in [-0.2, -0.15) is 0 Å². The molecule has 0 spiro atoms. The second-order valence-corrected chi connectivity index (χ2v) is 3.60. The number of nitrogen functional groups attached to an aromatic ring is 1. The maximum absolute atomic E-state index is 10.5. The molecule has 5 nitrogen and oxygen atoms in total. The summed E-state index contributed by atoms with van der Waals surface area (Å²) >= 11 is 0. The molecule has 0 aliphatic carbocycles. The van der Waals surface area contributed by atoms with Gasteiger partial charge in [0.2, 0.25) is 0 Å². The first-order valence-corrected chi connectivity index (χ1v) is 4.96. The summed E-state index contributed by atoms with van der Waals surface area (Å²) in [6, 6.07) is 4.84. The summed E-state index contributed by atoms with van der Waals surface area (Å²) in [5, 5.41) is 13.7. The van der Waals surface area contributed by atoms with E-state index in [1.54, 1.807) is 12.1 Å². The lowest BCUT2D eigenvalue weighted by Gasteiger charge is -2.13. The van der Waals surface area contributed by atoms with Gasteiger partial charge < -0.3 is 11.1 Å². The third-order valence-electron chi connectivity index (χ3n) is 2.16. The maximum atomic E-state index is 10.5. The summed E-state index contributed by atoms with van der Waals surface area (Å²) in [5.41, 5.74) is 6.45. The molecule has 0 radical (unpaired) electrons. The Hall–Kier alpha value is -2.04. The van der Waals surface area contributed by atoms with Gasteiger partial charge in [-0.05, 0) is 25.5 Å². The molecule has 0 aromatic heterocycles. The fourth-order valence-electron chi connectivity index (χ4n) is 1.40. The lowest BCUT2D eigenvalue weighted by molar-refractivity contribution is -0.383. The van der Waals surface area contributed by atoms with Gasteiger partial charge in [-0.3, -0.25) is 10.1 Å². The second kappa shape index (κ2) is 5.16. The summed E-state index contributed by atoms with van der Waals surface area (Å²) in [7, 11) is 0. The van der Waals surface area contributed by atoms with Crippen LogP contribution in [0.15, 0.2) is 30.9 Å². The number of hydrogen-bond acceptors (Lipinski definition) is 4. The van der Waals surface area contributed by atoms with Crippen LogP contribution in [0.2, 0.25) is 0 Å². The quantitative estimate of drug-likeness (QED) is 0.346. The van der Waals surface area contributed by atoms with Gasteiger partial charge in [-0.15, -0.1) is 6.58 Å². The number of benzene rings is 1. The molecule has 0 aliphatic rings. The zero-order chi connectivity index (χ0) is 12.1. The van der Waals surface area contributed by atoms with E-state index in [1.807, 2.05) is 13.0 Å². The van der Waals surface area contributed by atoms with Crippen LogP contribution in [-0.2, 0) is 0 Å². The first kappa shape index (κ1) is 12.0. The molecule has 0 heterocycles. The Kier molecular flexibility index (Phi) is 3.88. The number of nitrogens with zero attached hydrogens (tertiary/aromatic N) is 1. The van der Waals surface area contributed by atoms with Crippen LogP contribution in [0.3, 0.4) is 0 Å². The first-order valence-electron chi connectivity index (χ1n) is 4.96. The van der Waals surface area contributed by atoms with Crippen molar-refractivity contribution in [1.29, 1.82) is 0 Å². The molecular formula is C11H15N3O2. The lowest BCUT2D eigenvalue weighted by Crippen LogP contribution is -2.13. The highest BCUT2D eigenvalue weighted by atomic mass is 16.6. The number of nitro groups is 1. The van der Waals surface area contributed by atoms with Gasteiger partial charge in [-0.25, -0.2) is 0 Å². The Morgan fingerprint density at radius 2 is 2.38 bits per heavy atom. The summed E-state index contributed by atoms with van der Waals surface area (Å²) < 4.78 is 0. The number of rotatable bonds is 5. The van der Waals surface area contributed by atoms with Crippen LogP contribution < -0.4 is 11.1 Å². The monoisotopic (exact) mass is 221 g/mol. The van der Waals surface area contributed by atoms with Crippen molar-refractivity contribution < 1.29 is 4.92 Å². The Bertz CT molecular complexity index is 404. The highest BCUT2D eigenvalue weighted by Gasteiger charge is 2.11. The molecule has 16 heavy (non-hydrogen) atoms. The average Bonchev–Trinajstić information content (AvgIpc) is 2.17. The Morgan fingerprint density at radius 1 is 1.69 bits per heavy atom. The zero-order valence-electron chi connectivity index (χ0n) is 9.14. The minimum atomic E-state index is -0.494. The number of anilines is 2. The number of nitro benzene ring substituents is 1. The highest BCUT2D eigenvalue weighted by Crippen LogP contribution is 2.25. The molecule has 0 amide bonds. The summed E-state index contributed by atoms with van der Waals surface area (Å²) in [4.78, 5) is 10.1. The second-order valence-electron chi connectivity index (χ2n) is 3.60. The fraction of sp³-hybridized carbons (Fsp3) is 0.273. The van der Waals surface area contributed by atoms with Crippen molar-refractivity contribution in [3.8, 4) is 0 Å². The lowest BCUT2D eigenvalue weighted by atomic mass is 10.2. The summed E-state index contributed by atoms with van der Waals surface area (Å²) in [5.74, 6) is 0. The van der Waals surface area contributed by atoms with E-state index in [9.17, 15) is 10.1 Å². The molecule has 0 bridgehead atoms. The van der Waals surface area contributed by atoms with Crippen molar-refractivity contribution in [2.45, 2.75) is 19.4 Å². The van der Waals surface area contributed by atoms with E-state index < -0.39 is 4.92 Å². The maximum Gasteiger partial charge on any atom is 0.292 e. The molecule has 0 saturated heterocycles. The van der Waals surface area contributed by atoms with Crippen molar-refractivity contribution in [3.63, 3.8) is 0 Å². The van der Waals surface area contributed by atoms with Crippen LogP contribution in [0.25, 0.3) is 0 Å². The van der Waals surface area contributed by atoms with E-state index in [0.29, 0.717) is 0 Å². The van der Waals surface area contributed by atoms with Crippen molar-refractivity contribution in [1.82, 2.24) is 0 Å². The Morgan fingerprint density at radius 3 is 2.88 bits per heavy atom. The smallest absolute Gasteiger partial charge is 0.292 e. The normalized spacial score (nSPS) is 11.8. The van der Waals surface area contributed by atoms with Crippen LogP contribution in [0.1, 0.15) is 13.3 Å². The molecule has 1 rings (SSSR count). The molecular weight excluding hydrogens is 206 g/mol. The van der Waals surface area contributed by atoms with Gasteiger partial charge in [-0.1, -0.05) is 6.08 Å². The molecule has 1 atom stereocenters. The van der Waals surface area contributed by atoms with Gasteiger partial charge >= 0.3 is 0 Å². The van der Waals surface area contributed by atoms with E-state index >= 15 is 0 Å². The number of nitrogens with two attached hydrogens (primary N) is 1. The summed E-state index contributed by atoms with van der Waals surface area (Å²) in [6.07, 6.45) is 2.63. The molecule has 0 fully saturated rings. The largest absolute Gasteiger partial charge is 0.393 e. The van der Waals surface area contributed by atoms with Gasteiger partial charge in [0.25, 0.3) is 5.69 Å². The van der Waals surface area contributed by atoms with E-state index in [2.05, 4.69) is 11.9 Å². The molecule has 0 saturated carbocycles. The minimum absolute atomic E-state index is 0.0677. The molecule has 1 aromatic carbocycles. The van der Waals surface area contributed by atoms with Crippen molar-refractivity contribution >= 4 is 17.1 Å². The van der Waals surface area contributed by atoms with Gasteiger partial charge in [0, 0.05) is 17.8 Å². The van der Waals surface area contributed by atoms with E-state index in [1.165, 1.54) is 6.07 Å². The average molecular weight is 221 g/mol. The minimum Gasteiger partial charge on any atom is -0.393 e. The van der Waals surface area contributed by atoms with E-state index in [0.717, 1.165) is 12.1 Å². The molecule has 0 aliphatic heterocycles. The highest BCUT2D eigenvalue weighted by molar-refractivity contribution is 5.66. The van der Waals surface area contributed by atoms with Crippen molar-refractivity contribution in [2.24, 2.45) is 0 Å². The van der Waals surface area contributed by atoms with Crippen LogP contribution in [0.4, 0.5) is 17.1 Å². The standard InChI is InChI=1S/C11H15N3O2/c1-3-4-8(2)13-9-5-6-11(14(15)16)10(12)7-9/h3,5-8,13H,1,4,12H2,2H3. The van der Waals surface area contributed by atoms with Crippen LogP contribution >= 0.6 is 0 Å². The Labute approximate surface area is 94.1 Å². The number of nitrogens with one attached hydrogen (secondary N) is 1. The predicted molar refractivity (Wildman–Crippen MR) is 65.4 cm³/mol. The predicted octanol–water partition coefficient (Wildman–Crippen LogP) is 2.55. The van der Waals surface area contributed by atoms with E-state index in [-0.39, 0.29) is 17.4 Å². The van der Waals surface area contributed by atoms with Crippen LogP contribution in [0.5, 0.6) is 0 Å². The summed E-state index contributed by atoms with van der Waals surface area (Å²) in [6.45, 7) is 5.64. The van der Waals surface area contributed by atoms with Gasteiger partial charge in [0.05, 0.1) is 4.92 Å². The number of hydrogen-bond donors (Lipinski definition) is 2. The Balaban J connectivity index is 2.81. The zero-order valence-corrected chi connectivity index (χ0v) is 9.14. The topological polar surface area (TPSA) is 81.2 Å². The third kappa shape index (κ3) is 2.98. The molecule has 86 valence electrons. The fourth-order valence-corrected chi connectivity index (χ4v) is 1.40. The van der Waals surface area contributed by atoms with Gasteiger partial charge in [0.1, 0.15) is 5.69 Å². The van der Waals surface area contributed by atoms with E-state index in [4.69, 9.17) is 5.73 Å². The molecule has 1 aromatic rings. The third-order valence-corrected chi connectivity index (χ3v) is 2.16. The molecule has 3 N–H and O–H groups in total.